The van der Waals surface area contributed by atoms with E-state index in [-0.39, 0.29) is 0 Å². The minimum atomic E-state index is -1.51. The van der Waals surface area contributed by atoms with Crippen LogP contribution in [0.2, 0.25) is 0 Å². The molecule has 0 aromatic rings. The third kappa shape index (κ3) is 4.44. The molecule has 0 fully saturated rings. The van der Waals surface area contributed by atoms with Crippen molar-refractivity contribution in [3.63, 3.8) is 0 Å². The third-order valence-electron chi connectivity index (χ3n) is 1.10. The zero-order valence-corrected chi connectivity index (χ0v) is 8.31. The Morgan fingerprint density at radius 2 is 1.93 bits per heavy atom. The van der Waals surface area contributed by atoms with Gasteiger partial charge in [0.25, 0.3) is 0 Å². The first-order valence-corrected chi connectivity index (χ1v) is 3.95. The lowest BCUT2D eigenvalue weighted by molar-refractivity contribution is -0.108. The SMILES string of the molecule is CC(C)(C)OC(=O)N(CC=O)C(=O)O. The van der Waals surface area contributed by atoms with Crippen molar-refractivity contribution in [3.8, 4) is 0 Å². The van der Waals surface area contributed by atoms with Gasteiger partial charge >= 0.3 is 12.2 Å². The summed E-state index contributed by atoms with van der Waals surface area (Å²) in [5, 5.41) is 8.54. The Morgan fingerprint density at radius 3 is 2.21 bits per heavy atom. The molecule has 0 unspecified atom stereocenters. The molecule has 0 aromatic heterocycles. The molecule has 0 saturated heterocycles. The maximum absolute atomic E-state index is 11.2. The predicted molar refractivity (Wildman–Crippen MR) is 47.0 cm³/mol. The lowest BCUT2D eigenvalue weighted by atomic mass is 10.2. The zero-order chi connectivity index (χ0) is 11.4. The van der Waals surface area contributed by atoms with Crippen LogP contribution in [0.5, 0.6) is 0 Å². The van der Waals surface area contributed by atoms with E-state index >= 15 is 0 Å². The summed E-state index contributed by atoms with van der Waals surface area (Å²) in [6.45, 7) is 4.29. The fourth-order valence-electron chi connectivity index (χ4n) is 0.622. The fourth-order valence-corrected chi connectivity index (χ4v) is 0.622. The van der Waals surface area contributed by atoms with E-state index in [0.29, 0.717) is 11.2 Å². The van der Waals surface area contributed by atoms with Crippen molar-refractivity contribution in [3.05, 3.63) is 0 Å². The average molecular weight is 203 g/mol. The van der Waals surface area contributed by atoms with Gasteiger partial charge < -0.3 is 14.6 Å². The van der Waals surface area contributed by atoms with Crippen LogP contribution in [0.15, 0.2) is 0 Å². The predicted octanol–water partition coefficient (Wildman–Crippen LogP) is 1.10. The molecule has 0 aliphatic rings. The van der Waals surface area contributed by atoms with Gasteiger partial charge in [-0.25, -0.2) is 14.5 Å². The van der Waals surface area contributed by atoms with Crippen molar-refractivity contribution < 1.29 is 24.2 Å². The Bertz CT molecular complexity index is 243. The second-order valence-electron chi connectivity index (χ2n) is 3.54. The van der Waals surface area contributed by atoms with Crippen molar-refractivity contribution in [2.24, 2.45) is 0 Å². The summed E-state index contributed by atoms with van der Waals surface area (Å²) in [7, 11) is 0. The summed E-state index contributed by atoms with van der Waals surface area (Å²) in [6.07, 6.45) is -2.23. The van der Waals surface area contributed by atoms with Crippen molar-refractivity contribution in [1.82, 2.24) is 4.90 Å². The molecule has 6 nitrogen and oxygen atoms in total. The lowest BCUT2D eigenvalue weighted by Gasteiger charge is -2.23. The van der Waals surface area contributed by atoms with Gasteiger partial charge in [-0.2, -0.15) is 0 Å². The number of carbonyl (C=O) groups excluding carboxylic acids is 2. The molecule has 0 bridgehead atoms. The van der Waals surface area contributed by atoms with Gasteiger partial charge in [0.1, 0.15) is 11.9 Å². The number of rotatable bonds is 2. The molecule has 0 aliphatic heterocycles. The molecule has 80 valence electrons. The highest BCUT2D eigenvalue weighted by Crippen LogP contribution is 2.09. The first-order valence-electron chi connectivity index (χ1n) is 3.95. The molecule has 0 aromatic carbocycles. The number of ether oxygens (including phenoxy) is 1. The highest BCUT2D eigenvalue weighted by atomic mass is 16.6. The third-order valence-corrected chi connectivity index (χ3v) is 1.10. The fraction of sp³-hybridized carbons (Fsp3) is 0.625. The number of nitrogens with zero attached hydrogens (tertiary/aromatic N) is 1. The van der Waals surface area contributed by atoms with Crippen LogP contribution in [0.1, 0.15) is 20.8 Å². The van der Waals surface area contributed by atoms with Gasteiger partial charge in [0.2, 0.25) is 0 Å². The quantitative estimate of drug-likeness (QED) is 0.679. The second-order valence-corrected chi connectivity index (χ2v) is 3.54. The Balaban J connectivity index is 4.45. The number of aldehydes is 1. The molecule has 0 saturated carbocycles. The molecule has 0 radical (unpaired) electrons. The van der Waals surface area contributed by atoms with E-state index in [1.54, 1.807) is 20.8 Å². The lowest BCUT2D eigenvalue weighted by Crippen LogP contribution is -2.41. The first-order chi connectivity index (χ1) is 6.28. The number of imide groups is 1. The van der Waals surface area contributed by atoms with Gasteiger partial charge in [-0.05, 0) is 20.8 Å². The van der Waals surface area contributed by atoms with E-state index in [0.717, 1.165) is 0 Å². The summed E-state index contributed by atoms with van der Waals surface area (Å²) in [4.78, 5) is 32.0. The van der Waals surface area contributed by atoms with Crippen molar-refractivity contribution in [2.45, 2.75) is 26.4 Å². The van der Waals surface area contributed by atoms with Crippen LogP contribution in [-0.2, 0) is 9.53 Å². The van der Waals surface area contributed by atoms with Crippen LogP contribution in [-0.4, -0.2) is 40.6 Å². The molecule has 0 atom stereocenters. The van der Waals surface area contributed by atoms with E-state index in [2.05, 4.69) is 0 Å². The number of carboxylic acid groups (broad SMARTS) is 1. The van der Waals surface area contributed by atoms with E-state index in [9.17, 15) is 14.4 Å². The molecule has 2 amide bonds. The second kappa shape index (κ2) is 4.59. The molecule has 1 N–H and O–H groups in total. The summed E-state index contributed by atoms with van der Waals surface area (Å²) in [6, 6.07) is 0. The Kier molecular flexibility index (Phi) is 4.07. The molecule has 0 rings (SSSR count). The summed E-state index contributed by atoms with van der Waals surface area (Å²) in [5.41, 5.74) is -0.784. The number of amides is 2. The average Bonchev–Trinajstić information content (AvgIpc) is 1.95. The smallest absolute Gasteiger partial charge is 0.420 e. The molecule has 0 heterocycles. The topological polar surface area (TPSA) is 83.9 Å². The Labute approximate surface area is 81.4 Å². The highest BCUT2D eigenvalue weighted by molar-refractivity contribution is 5.89. The minimum Gasteiger partial charge on any atom is -0.465 e. The van der Waals surface area contributed by atoms with Gasteiger partial charge in [-0.1, -0.05) is 0 Å². The van der Waals surface area contributed by atoms with Crippen LogP contribution in [0, 0.1) is 0 Å². The van der Waals surface area contributed by atoms with Crippen molar-refractivity contribution >= 4 is 18.5 Å². The van der Waals surface area contributed by atoms with Crippen molar-refractivity contribution in [2.75, 3.05) is 6.54 Å². The normalized spacial score (nSPS) is 10.5. The summed E-state index contributed by atoms with van der Waals surface area (Å²) in [5.74, 6) is 0. The zero-order valence-electron chi connectivity index (χ0n) is 8.31. The summed E-state index contributed by atoms with van der Waals surface area (Å²) < 4.78 is 4.76. The van der Waals surface area contributed by atoms with E-state index in [1.807, 2.05) is 0 Å². The van der Waals surface area contributed by atoms with Crippen LogP contribution >= 0.6 is 0 Å². The van der Waals surface area contributed by atoms with E-state index < -0.39 is 24.3 Å². The van der Waals surface area contributed by atoms with Crippen LogP contribution in [0.4, 0.5) is 9.59 Å². The van der Waals surface area contributed by atoms with Crippen LogP contribution in [0.3, 0.4) is 0 Å². The van der Waals surface area contributed by atoms with Gasteiger partial charge in [-0.15, -0.1) is 0 Å². The van der Waals surface area contributed by atoms with Gasteiger partial charge in [0.05, 0.1) is 6.54 Å². The monoisotopic (exact) mass is 203 g/mol. The molecule has 0 spiro atoms. The highest BCUT2D eigenvalue weighted by Gasteiger charge is 2.26. The van der Waals surface area contributed by atoms with Gasteiger partial charge in [-0.3, -0.25) is 0 Å². The number of carbonyl (C=O) groups is 3. The van der Waals surface area contributed by atoms with E-state index in [4.69, 9.17) is 9.84 Å². The standard InChI is InChI=1S/C8H13NO5/c1-8(2,3)14-7(13)9(4-5-10)6(11)12/h5H,4H2,1-3H3,(H,11,12). The maximum Gasteiger partial charge on any atom is 0.420 e. The van der Waals surface area contributed by atoms with Crippen LogP contribution in [0.25, 0.3) is 0 Å². The maximum atomic E-state index is 11.2. The first kappa shape index (κ1) is 12.4. The number of hydrogen-bond donors (Lipinski definition) is 1. The number of hydrogen-bond acceptors (Lipinski definition) is 4. The molecular formula is C8H13NO5. The molecule has 6 heteroatoms. The van der Waals surface area contributed by atoms with Gasteiger partial charge in [0, 0.05) is 0 Å². The van der Waals surface area contributed by atoms with E-state index in [1.165, 1.54) is 0 Å². The summed E-state index contributed by atoms with van der Waals surface area (Å²) >= 11 is 0. The molecular weight excluding hydrogens is 190 g/mol. The minimum absolute atomic E-state index is 0.304. The Morgan fingerprint density at radius 1 is 1.43 bits per heavy atom. The molecule has 14 heavy (non-hydrogen) atoms. The van der Waals surface area contributed by atoms with Crippen molar-refractivity contribution in [1.29, 1.82) is 0 Å². The molecule has 0 aliphatic carbocycles. The van der Waals surface area contributed by atoms with Crippen LogP contribution < -0.4 is 0 Å². The Hall–Kier alpha value is -1.59. The largest absolute Gasteiger partial charge is 0.465 e. The van der Waals surface area contributed by atoms with Gasteiger partial charge in [0.15, 0.2) is 0 Å².